The summed E-state index contributed by atoms with van der Waals surface area (Å²) in [4.78, 5) is 27.6. The van der Waals surface area contributed by atoms with Gasteiger partial charge in [0.05, 0.1) is 0 Å². The second-order valence-electron chi connectivity index (χ2n) is 7.54. The Balaban J connectivity index is 2.15. The predicted octanol–water partition coefficient (Wildman–Crippen LogP) is 4.35. The van der Waals surface area contributed by atoms with E-state index in [2.05, 4.69) is 12.2 Å². The molecule has 0 unspecified atom stereocenters. The van der Waals surface area contributed by atoms with Crippen molar-refractivity contribution < 1.29 is 14.3 Å². The summed E-state index contributed by atoms with van der Waals surface area (Å²) in [6, 6.07) is 17.0. The summed E-state index contributed by atoms with van der Waals surface area (Å²) in [7, 11) is 0. The number of aryl methyl sites for hydroxylation is 1. The highest BCUT2D eigenvalue weighted by atomic mass is 16.5. The zero-order valence-corrected chi connectivity index (χ0v) is 18.6. The van der Waals surface area contributed by atoms with Crippen molar-refractivity contribution in [3.8, 4) is 5.75 Å². The fourth-order valence-corrected chi connectivity index (χ4v) is 3.19. The number of nitrogens with one attached hydrogen (secondary N) is 1. The summed E-state index contributed by atoms with van der Waals surface area (Å²) in [5.74, 6) is 0.324. The van der Waals surface area contributed by atoms with Crippen molar-refractivity contribution in [3.05, 3.63) is 65.7 Å². The summed E-state index contributed by atoms with van der Waals surface area (Å²) in [6.07, 6.45) is 2.32. The third-order valence-electron chi connectivity index (χ3n) is 5.28. The van der Waals surface area contributed by atoms with E-state index in [1.165, 1.54) is 5.56 Å². The molecule has 0 aliphatic carbocycles. The molecule has 30 heavy (non-hydrogen) atoms. The number of hydrogen-bond acceptors (Lipinski definition) is 3. The maximum Gasteiger partial charge on any atom is 0.261 e. The lowest BCUT2D eigenvalue weighted by Gasteiger charge is -2.31. The first kappa shape index (κ1) is 23.5. The van der Waals surface area contributed by atoms with Crippen LogP contribution in [0.5, 0.6) is 5.75 Å². The molecule has 5 heteroatoms. The Morgan fingerprint density at radius 1 is 0.933 bits per heavy atom. The van der Waals surface area contributed by atoms with E-state index in [1.54, 1.807) is 4.90 Å². The fourth-order valence-electron chi connectivity index (χ4n) is 3.19. The first-order valence-corrected chi connectivity index (χ1v) is 10.8. The Morgan fingerprint density at radius 3 is 2.17 bits per heavy atom. The molecule has 0 aliphatic rings. The lowest BCUT2D eigenvalue weighted by molar-refractivity contribution is -0.143. The van der Waals surface area contributed by atoms with Crippen molar-refractivity contribution in [3.63, 3.8) is 0 Å². The molecule has 0 radical (unpaired) electrons. The Morgan fingerprint density at radius 2 is 1.60 bits per heavy atom. The van der Waals surface area contributed by atoms with Crippen molar-refractivity contribution in [2.75, 3.05) is 6.61 Å². The number of nitrogens with zero attached hydrogens (tertiary/aromatic N) is 1. The quantitative estimate of drug-likeness (QED) is 0.599. The van der Waals surface area contributed by atoms with E-state index in [9.17, 15) is 9.59 Å². The largest absolute Gasteiger partial charge is 0.484 e. The van der Waals surface area contributed by atoms with Gasteiger partial charge in [0, 0.05) is 12.6 Å². The van der Waals surface area contributed by atoms with Crippen LogP contribution in [-0.2, 0) is 22.6 Å². The Labute approximate surface area is 180 Å². The van der Waals surface area contributed by atoms with E-state index in [1.807, 2.05) is 75.4 Å². The van der Waals surface area contributed by atoms with Crippen molar-refractivity contribution in [1.29, 1.82) is 0 Å². The van der Waals surface area contributed by atoms with Gasteiger partial charge in [0.1, 0.15) is 11.8 Å². The molecule has 2 atom stereocenters. The summed E-state index contributed by atoms with van der Waals surface area (Å²) in [5.41, 5.74) is 2.19. The van der Waals surface area contributed by atoms with E-state index >= 15 is 0 Å². The molecule has 1 N–H and O–H groups in total. The van der Waals surface area contributed by atoms with Gasteiger partial charge in [-0.1, -0.05) is 63.2 Å². The average molecular weight is 411 g/mol. The summed E-state index contributed by atoms with van der Waals surface area (Å²) in [5, 5.41) is 3.01. The van der Waals surface area contributed by atoms with E-state index < -0.39 is 6.04 Å². The molecular weight excluding hydrogens is 376 g/mol. The van der Waals surface area contributed by atoms with Crippen molar-refractivity contribution in [1.82, 2.24) is 10.2 Å². The molecule has 0 heterocycles. The molecule has 2 rings (SSSR count). The van der Waals surface area contributed by atoms with Crippen molar-refractivity contribution >= 4 is 11.8 Å². The number of hydrogen-bond donors (Lipinski definition) is 1. The van der Waals surface area contributed by atoms with Crippen LogP contribution in [0.3, 0.4) is 0 Å². The normalized spacial score (nSPS) is 12.7. The second kappa shape index (κ2) is 12.0. The van der Waals surface area contributed by atoms with Crippen molar-refractivity contribution in [2.45, 2.75) is 65.6 Å². The zero-order valence-electron chi connectivity index (χ0n) is 18.6. The molecule has 0 bridgehead atoms. The van der Waals surface area contributed by atoms with Crippen LogP contribution < -0.4 is 10.1 Å². The Hall–Kier alpha value is -2.82. The maximum absolute atomic E-state index is 13.1. The lowest BCUT2D eigenvalue weighted by Crippen LogP contribution is -2.51. The van der Waals surface area contributed by atoms with Crippen LogP contribution >= 0.6 is 0 Å². The second-order valence-corrected chi connectivity index (χ2v) is 7.54. The molecule has 0 spiro atoms. The molecule has 0 aliphatic heterocycles. The number of amides is 2. The van der Waals surface area contributed by atoms with Gasteiger partial charge in [-0.15, -0.1) is 0 Å². The predicted molar refractivity (Wildman–Crippen MR) is 120 cm³/mol. The van der Waals surface area contributed by atoms with E-state index in [0.717, 1.165) is 18.4 Å². The van der Waals surface area contributed by atoms with Crippen LogP contribution in [0.4, 0.5) is 0 Å². The molecule has 162 valence electrons. The Kier molecular flexibility index (Phi) is 9.39. The number of rotatable bonds is 11. The van der Waals surface area contributed by atoms with Gasteiger partial charge in [-0.05, 0) is 49.4 Å². The van der Waals surface area contributed by atoms with E-state index in [0.29, 0.717) is 18.7 Å². The molecule has 2 aromatic rings. The van der Waals surface area contributed by atoms with Crippen LogP contribution in [0.2, 0.25) is 0 Å². The SMILES string of the molecule is CCc1ccc(OCC(=O)N(Cc2ccccc2)[C@H](CC)C(=O)N[C@@H](C)CC)cc1. The summed E-state index contributed by atoms with van der Waals surface area (Å²) >= 11 is 0. The van der Waals surface area contributed by atoms with Crippen LogP contribution in [0.15, 0.2) is 54.6 Å². The first-order chi connectivity index (χ1) is 14.5. The van der Waals surface area contributed by atoms with E-state index in [4.69, 9.17) is 4.74 Å². The summed E-state index contributed by atoms with van der Waals surface area (Å²) in [6.45, 7) is 8.27. The number of carbonyl (C=O) groups is 2. The van der Waals surface area contributed by atoms with Gasteiger partial charge in [-0.2, -0.15) is 0 Å². The summed E-state index contributed by atoms with van der Waals surface area (Å²) < 4.78 is 5.74. The zero-order chi connectivity index (χ0) is 21.9. The van der Waals surface area contributed by atoms with Gasteiger partial charge in [0.2, 0.25) is 5.91 Å². The average Bonchev–Trinajstić information content (AvgIpc) is 2.78. The molecule has 0 fully saturated rings. The standard InChI is InChI=1S/C25H34N2O3/c1-5-19(4)26-25(29)23(7-3)27(17-21-11-9-8-10-12-21)24(28)18-30-22-15-13-20(6-2)14-16-22/h8-16,19,23H,5-7,17-18H2,1-4H3,(H,26,29)/t19-,23+/m0/s1. The third-order valence-corrected chi connectivity index (χ3v) is 5.28. The molecular formula is C25H34N2O3. The van der Waals surface area contributed by atoms with Gasteiger partial charge in [-0.25, -0.2) is 0 Å². The minimum atomic E-state index is -0.544. The number of benzene rings is 2. The van der Waals surface area contributed by atoms with Gasteiger partial charge < -0.3 is 15.0 Å². The first-order valence-electron chi connectivity index (χ1n) is 10.8. The van der Waals surface area contributed by atoms with Crippen LogP contribution in [0.25, 0.3) is 0 Å². The molecule has 2 aromatic carbocycles. The monoisotopic (exact) mass is 410 g/mol. The minimum absolute atomic E-state index is 0.0635. The van der Waals surface area contributed by atoms with Crippen LogP contribution in [-0.4, -0.2) is 35.4 Å². The molecule has 5 nitrogen and oxygen atoms in total. The van der Waals surface area contributed by atoms with Crippen LogP contribution in [0, 0.1) is 0 Å². The highest BCUT2D eigenvalue weighted by Crippen LogP contribution is 2.16. The van der Waals surface area contributed by atoms with Gasteiger partial charge >= 0.3 is 0 Å². The topological polar surface area (TPSA) is 58.6 Å². The van der Waals surface area contributed by atoms with Crippen molar-refractivity contribution in [2.24, 2.45) is 0 Å². The maximum atomic E-state index is 13.1. The highest BCUT2D eigenvalue weighted by molar-refractivity contribution is 5.88. The van der Waals surface area contributed by atoms with Gasteiger partial charge in [-0.3, -0.25) is 9.59 Å². The van der Waals surface area contributed by atoms with Crippen LogP contribution in [0.1, 0.15) is 51.7 Å². The van der Waals surface area contributed by atoms with Gasteiger partial charge in [0.15, 0.2) is 6.61 Å². The molecule has 0 saturated heterocycles. The fraction of sp³-hybridized carbons (Fsp3) is 0.440. The number of carbonyl (C=O) groups excluding carboxylic acids is 2. The minimum Gasteiger partial charge on any atom is -0.484 e. The smallest absolute Gasteiger partial charge is 0.261 e. The van der Waals surface area contributed by atoms with E-state index in [-0.39, 0.29) is 24.5 Å². The third kappa shape index (κ3) is 6.90. The molecule has 0 saturated carbocycles. The van der Waals surface area contributed by atoms with Gasteiger partial charge in [0.25, 0.3) is 5.91 Å². The lowest BCUT2D eigenvalue weighted by atomic mass is 10.1. The highest BCUT2D eigenvalue weighted by Gasteiger charge is 2.29. The molecule has 2 amide bonds. The number of ether oxygens (including phenoxy) is 1. The molecule has 0 aromatic heterocycles. The Bertz CT molecular complexity index is 790.